The molecule has 164 valence electrons. The third-order valence-electron chi connectivity index (χ3n) is 5.42. The Labute approximate surface area is 183 Å². The van der Waals surface area contributed by atoms with E-state index >= 15 is 0 Å². The van der Waals surface area contributed by atoms with Crippen LogP contribution < -0.4 is 15.2 Å². The number of amidine groups is 1. The summed E-state index contributed by atoms with van der Waals surface area (Å²) in [4.78, 5) is 8.78. The van der Waals surface area contributed by atoms with Gasteiger partial charge in [0.05, 0.1) is 0 Å². The number of aliphatic imine (C=N–C) groups is 1. The minimum Gasteiger partial charge on any atom is -0.487 e. The molecule has 0 bridgehead atoms. The summed E-state index contributed by atoms with van der Waals surface area (Å²) in [7, 11) is 0. The first-order valence-electron chi connectivity index (χ1n) is 10.1. The van der Waals surface area contributed by atoms with E-state index in [4.69, 9.17) is 19.9 Å². The van der Waals surface area contributed by atoms with E-state index in [1.807, 2.05) is 24.3 Å². The fraction of sp³-hybridized carbons (Fsp3) is 0.250. The Bertz CT molecular complexity index is 1230. The third kappa shape index (κ3) is 3.41. The minimum atomic E-state index is -1.62. The Kier molecular flexibility index (Phi) is 4.54. The highest BCUT2D eigenvalue weighted by atomic mass is 19.1. The summed E-state index contributed by atoms with van der Waals surface area (Å²) < 4.78 is 45.7. The molecule has 2 aromatic carbocycles. The lowest BCUT2D eigenvalue weighted by Gasteiger charge is -2.34. The van der Waals surface area contributed by atoms with E-state index in [0.29, 0.717) is 11.3 Å². The van der Waals surface area contributed by atoms with Crippen LogP contribution in [0.4, 0.5) is 8.78 Å². The van der Waals surface area contributed by atoms with Gasteiger partial charge in [-0.2, -0.15) is 0 Å². The maximum atomic E-state index is 14.7. The third-order valence-corrected chi connectivity index (χ3v) is 5.42. The molecule has 1 aromatic heterocycles. The van der Waals surface area contributed by atoms with Crippen molar-refractivity contribution in [3.05, 3.63) is 71.8 Å². The van der Waals surface area contributed by atoms with Gasteiger partial charge in [0.25, 0.3) is 6.02 Å². The Morgan fingerprint density at radius 1 is 1.12 bits per heavy atom. The van der Waals surface area contributed by atoms with E-state index in [2.05, 4.69) is 9.98 Å². The molecule has 2 aliphatic rings. The highest BCUT2D eigenvalue weighted by Crippen LogP contribution is 2.52. The normalized spacial score (nSPS) is 18.9. The van der Waals surface area contributed by atoms with E-state index < -0.39 is 17.0 Å². The number of halogens is 2. The molecule has 3 aromatic rings. The van der Waals surface area contributed by atoms with Crippen LogP contribution in [0, 0.1) is 5.82 Å². The molecule has 3 heterocycles. The molecule has 0 radical (unpaired) electrons. The van der Waals surface area contributed by atoms with Crippen LogP contribution in [0.15, 0.2) is 59.9 Å². The average Bonchev–Trinajstić information content (AvgIpc) is 3.15. The Hall–Kier alpha value is -3.68. The van der Waals surface area contributed by atoms with Crippen molar-refractivity contribution in [3.63, 3.8) is 0 Å². The van der Waals surface area contributed by atoms with Crippen molar-refractivity contribution in [2.45, 2.75) is 25.1 Å². The second-order valence-electron chi connectivity index (χ2n) is 8.44. The van der Waals surface area contributed by atoms with Gasteiger partial charge in [0.2, 0.25) is 0 Å². The zero-order valence-corrected chi connectivity index (χ0v) is 17.6. The molecule has 2 aliphatic heterocycles. The standard InChI is InChI=1S/C24H21F2N3O3/c1-23(2,26)12-30-21-9-17-20(10-18(21)25)32-19-6-5-14(15-4-3-7-28-11-15)8-16(19)24(17)13-31-22(27)29-24/h3-11H,12-13H2,1-2H3,(H2,27,29)/t24-/m0/s1. The smallest absolute Gasteiger partial charge is 0.283 e. The highest BCUT2D eigenvalue weighted by Gasteiger charge is 2.47. The van der Waals surface area contributed by atoms with E-state index in [1.165, 1.54) is 26.0 Å². The van der Waals surface area contributed by atoms with Crippen LogP contribution >= 0.6 is 0 Å². The lowest BCUT2D eigenvalue weighted by Crippen LogP contribution is -2.31. The Morgan fingerprint density at radius 2 is 1.94 bits per heavy atom. The van der Waals surface area contributed by atoms with Gasteiger partial charge in [-0.15, -0.1) is 0 Å². The summed E-state index contributed by atoms with van der Waals surface area (Å²) in [6, 6.07) is 12.2. The molecular formula is C24H21F2N3O3. The summed E-state index contributed by atoms with van der Waals surface area (Å²) in [5.41, 5.74) is 6.30. The predicted molar refractivity (Wildman–Crippen MR) is 115 cm³/mol. The number of rotatable bonds is 4. The fourth-order valence-electron chi connectivity index (χ4n) is 3.93. The number of benzene rings is 2. The van der Waals surface area contributed by atoms with Crippen LogP contribution in [0.5, 0.6) is 17.2 Å². The van der Waals surface area contributed by atoms with Crippen molar-refractivity contribution in [3.8, 4) is 28.4 Å². The quantitative estimate of drug-likeness (QED) is 0.640. The second kappa shape index (κ2) is 7.19. The molecule has 1 atom stereocenters. The lowest BCUT2D eigenvalue weighted by atomic mass is 9.80. The number of hydrogen-bond acceptors (Lipinski definition) is 6. The van der Waals surface area contributed by atoms with Crippen molar-refractivity contribution in [1.82, 2.24) is 4.98 Å². The number of ether oxygens (including phenoxy) is 3. The maximum Gasteiger partial charge on any atom is 0.283 e. The Balaban J connectivity index is 1.66. The predicted octanol–water partition coefficient (Wildman–Crippen LogP) is 4.71. The van der Waals surface area contributed by atoms with Crippen LogP contribution in [0.1, 0.15) is 25.0 Å². The zero-order valence-electron chi connectivity index (χ0n) is 17.6. The second-order valence-corrected chi connectivity index (χ2v) is 8.44. The molecule has 0 saturated carbocycles. The molecule has 5 rings (SSSR count). The van der Waals surface area contributed by atoms with E-state index in [-0.39, 0.29) is 30.7 Å². The molecule has 0 fully saturated rings. The van der Waals surface area contributed by atoms with Crippen LogP contribution in [0.2, 0.25) is 0 Å². The average molecular weight is 437 g/mol. The van der Waals surface area contributed by atoms with E-state index in [9.17, 15) is 8.78 Å². The van der Waals surface area contributed by atoms with Gasteiger partial charge >= 0.3 is 0 Å². The molecule has 32 heavy (non-hydrogen) atoms. The number of pyridine rings is 1. The molecule has 1 spiro atoms. The van der Waals surface area contributed by atoms with Crippen molar-refractivity contribution in [1.29, 1.82) is 0 Å². The van der Waals surface area contributed by atoms with E-state index in [1.54, 1.807) is 18.5 Å². The van der Waals surface area contributed by atoms with Gasteiger partial charge in [0.1, 0.15) is 30.4 Å². The number of aromatic nitrogens is 1. The highest BCUT2D eigenvalue weighted by molar-refractivity contribution is 5.78. The maximum absolute atomic E-state index is 14.7. The van der Waals surface area contributed by atoms with Crippen molar-refractivity contribution in [2.24, 2.45) is 10.7 Å². The van der Waals surface area contributed by atoms with E-state index in [0.717, 1.165) is 16.7 Å². The first kappa shape index (κ1) is 20.2. The number of nitrogens with two attached hydrogens (primary N) is 1. The van der Waals surface area contributed by atoms with Crippen LogP contribution in [0.3, 0.4) is 0 Å². The van der Waals surface area contributed by atoms with Gasteiger partial charge in [0.15, 0.2) is 17.1 Å². The number of fused-ring (bicyclic) bond motifs is 4. The molecule has 6 nitrogen and oxygen atoms in total. The summed E-state index contributed by atoms with van der Waals surface area (Å²) in [6.45, 7) is 2.53. The van der Waals surface area contributed by atoms with Crippen molar-refractivity contribution < 1.29 is 23.0 Å². The number of alkyl halides is 1. The number of hydrogen-bond donors (Lipinski definition) is 1. The van der Waals surface area contributed by atoms with Crippen LogP contribution in [-0.4, -0.2) is 29.9 Å². The molecule has 0 saturated heterocycles. The van der Waals surface area contributed by atoms with Gasteiger partial charge in [-0.1, -0.05) is 12.1 Å². The minimum absolute atomic E-state index is 0.0206. The fourth-order valence-corrected chi connectivity index (χ4v) is 3.93. The Morgan fingerprint density at radius 3 is 2.62 bits per heavy atom. The van der Waals surface area contributed by atoms with Gasteiger partial charge in [-0.05, 0) is 43.7 Å². The summed E-state index contributed by atoms with van der Waals surface area (Å²) in [5.74, 6) is 0.0441. The molecule has 2 N–H and O–H groups in total. The van der Waals surface area contributed by atoms with Crippen LogP contribution in [-0.2, 0) is 10.3 Å². The summed E-state index contributed by atoms with van der Waals surface area (Å²) >= 11 is 0. The monoisotopic (exact) mass is 437 g/mol. The van der Waals surface area contributed by atoms with Gasteiger partial charge in [-0.3, -0.25) is 4.98 Å². The van der Waals surface area contributed by atoms with Gasteiger partial charge in [-0.25, -0.2) is 13.8 Å². The lowest BCUT2D eigenvalue weighted by molar-refractivity contribution is 0.117. The zero-order chi connectivity index (χ0) is 22.5. The molecule has 0 amide bonds. The first-order valence-corrected chi connectivity index (χ1v) is 10.1. The van der Waals surface area contributed by atoms with Crippen molar-refractivity contribution >= 4 is 6.02 Å². The summed E-state index contributed by atoms with van der Waals surface area (Å²) in [5, 5.41) is 0. The summed E-state index contributed by atoms with van der Waals surface area (Å²) in [6.07, 6.45) is 3.46. The first-order chi connectivity index (χ1) is 15.2. The SMILES string of the molecule is CC(C)(F)COc1cc2c(cc1F)Oc1ccc(-c3cccnc3)cc1[C@@]21COC(N)=N1. The van der Waals surface area contributed by atoms with Crippen LogP contribution in [0.25, 0.3) is 11.1 Å². The molecular weight excluding hydrogens is 416 g/mol. The largest absolute Gasteiger partial charge is 0.487 e. The van der Waals surface area contributed by atoms with Gasteiger partial charge < -0.3 is 19.9 Å². The van der Waals surface area contributed by atoms with Crippen molar-refractivity contribution in [2.75, 3.05) is 13.2 Å². The molecule has 0 unspecified atom stereocenters. The topological polar surface area (TPSA) is 79.0 Å². The molecule has 8 heteroatoms. The number of nitrogens with zero attached hydrogens (tertiary/aromatic N) is 2. The van der Waals surface area contributed by atoms with Gasteiger partial charge in [0, 0.05) is 35.2 Å². The molecule has 0 aliphatic carbocycles.